The molecule has 0 unspecified atom stereocenters. The third-order valence-electron chi connectivity index (χ3n) is 3.83. The van der Waals surface area contributed by atoms with Gasteiger partial charge in [0.2, 0.25) is 0 Å². The first-order valence-corrected chi connectivity index (χ1v) is 8.50. The summed E-state index contributed by atoms with van der Waals surface area (Å²) in [5, 5.41) is 2.72. The minimum Gasteiger partial charge on any atom is -0.444 e. The highest BCUT2D eigenvalue weighted by Gasteiger charge is 2.15. The summed E-state index contributed by atoms with van der Waals surface area (Å²) in [6, 6.07) is 8.54. The Hall–Kier alpha value is -2.01. The predicted octanol–water partition coefficient (Wildman–Crippen LogP) is 2.98. The second-order valence-corrected chi connectivity index (χ2v) is 7.17. The largest absolute Gasteiger partial charge is 0.444 e. The van der Waals surface area contributed by atoms with Gasteiger partial charge in [0, 0.05) is 38.4 Å². The Kier molecular flexibility index (Phi) is 6.26. The van der Waals surface area contributed by atoms with E-state index in [-0.39, 0.29) is 0 Å². The van der Waals surface area contributed by atoms with Crippen LogP contribution in [-0.4, -0.2) is 56.4 Å². The molecule has 0 aliphatic carbocycles. The Morgan fingerprint density at radius 2 is 1.79 bits per heavy atom. The van der Waals surface area contributed by atoms with Crippen molar-refractivity contribution in [2.75, 3.05) is 44.7 Å². The molecular weight excluding hydrogens is 302 g/mol. The van der Waals surface area contributed by atoms with E-state index in [1.54, 1.807) is 0 Å². The summed E-state index contributed by atoms with van der Waals surface area (Å²) in [7, 11) is 2.16. The predicted molar refractivity (Wildman–Crippen MR) is 99.4 cm³/mol. The average Bonchev–Trinajstić information content (AvgIpc) is 2.51. The molecule has 132 valence electrons. The standard InChI is InChI=1S/C19H29N3O2/c1-19(2,3)24-18(23)20-11-5-6-16-7-9-17(10-8-16)22-14-12-21(4)13-15-22/h5-10H,11-15H2,1-4H3,(H,20,23). The van der Waals surface area contributed by atoms with Gasteiger partial charge >= 0.3 is 6.09 Å². The number of amides is 1. The summed E-state index contributed by atoms with van der Waals surface area (Å²) in [6.07, 6.45) is 3.54. The van der Waals surface area contributed by atoms with Crippen molar-refractivity contribution in [3.63, 3.8) is 0 Å². The second-order valence-electron chi connectivity index (χ2n) is 7.17. The van der Waals surface area contributed by atoms with Crippen molar-refractivity contribution in [2.45, 2.75) is 26.4 Å². The van der Waals surface area contributed by atoms with Crippen molar-refractivity contribution >= 4 is 17.9 Å². The topological polar surface area (TPSA) is 44.8 Å². The monoisotopic (exact) mass is 331 g/mol. The third-order valence-corrected chi connectivity index (χ3v) is 3.83. The van der Waals surface area contributed by atoms with Crippen LogP contribution in [0.4, 0.5) is 10.5 Å². The lowest BCUT2D eigenvalue weighted by molar-refractivity contribution is 0.0534. The number of ether oxygens (including phenoxy) is 1. The second kappa shape index (κ2) is 8.20. The molecule has 5 nitrogen and oxygen atoms in total. The zero-order chi connectivity index (χ0) is 17.6. The number of hydrogen-bond donors (Lipinski definition) is 1. The van der Waals surface area contributed by atoms with Crippen LogP contribution in [0, 0.1) is 0 Å². The quantitative estimate of drug-likeness (QED) is 0.921. The van der Waals surface area contributed by atoms with Gasteiger partial charge in [0.25, 0.3) is 0 Å². The molecule has 0 saturated carbocycles. The van der Waals surface area contributed by atoms with Gasteiger partial charge in [-0.05, 0) is 45.5 Å². The number of benzene rings is 1. The maximum atomic E-state index is 11.5. The number of carbonyl (C=O) groups is 1. The maximum absolute atomic E-state index is 11.5. The van der Waals surface area contributed by atoms with Gasteiger partial charge in [-0.1, -0.05) is 24.3 Å². The SMILES string of the molecule is CN1CCN(c2ccc(C=CCNC(=O)OC(C)(C)C)cc2)CC1. The zero-order valence-electron chi connectivity index (χ0n) is 15.2. The molecule has 5 heteroatoms. The smallest absolute Gasteiger partial charge is 0.407 e. The van der Waals surface area contributed by atoms with E-state index in [1.807, 2.05) is 32.9 Å². The van der Waals surface area contributed by atoms with Crippen LogP contribution in [0.15, 0.2) is 30.3 Å². The van der Waals surface area contributed by atoms with E-state index in [1.165, 1.54) is 5.69 Å². The molecule has 1 fully saturated rings. The summed E-state index contributed by atoms with van der Waals surface area (Å²) in [5.41, 5.74) is 1.93. The third kappa shape index (κ3) is 6.24. The molecule has 1 amide bonds. The summed E-state index contributed by atoms with van der Waals surface area (Å²) in [4.78, 5) is 16.3. The van der Waals surface area contributed by atoms with Gasteiger partial charge in [-0.15, -0.1) is 0 Å². The average molecular weight is 331 g/mol. The lowest BCUT2D eigenvalue weighted by Crippen LogP contribution is -2.44. The van der Waals surface area contributed by atoms with Gasteiger partial charge < -0.3 is 19.9 Å². The number of hydrogen-bond acceptors (Lipinski definition) is 4. The number of anilines is 1. The number of alkyl carbamates (subject to hydrolysis) is 1. The molecule has 24 heavy (non-hydrogen) atoms. The van der Waals surface area contributed by atoms with Crippen LogP contribution in [0.2, 0.25) is 0 Å². The lowest BCUT2D eigenvalue weighted by atomic mass is 10.1. The van der Waals surface area contributed by atoms with Crippen LogP contribution >= 0.6 is 0 Å². The first-order chi connectivity index (χ1) is 11.3. The molecular formula is C19H29N3O2. The van der Waals surface area contributed by atoms with Crippen LogP contribution in [0.25, 0.3) is 6.08 Å². The Labute approximate surface area is 145 Å². The van der Waals surface area contributed by atoms with Gasteiger partial charge in [0.15, 0.2) is 0 Å². The minimum atomic E-state index is -0.465. The number of nitrogens with one attached hydrogen (secondary N) is 1. The molecule has 0 spiro atoms. The van der Waals surface area contributed by atoms with Gasteiger partial charge in [0.1, 0.15) is 5.60 Å². The Morgan fingerprint density at radius 1 is 1.17 bits per heavy atom. The van der Waals surface area contributed by atoms with Crippen molar-refractivity contribution < 1.29 is 9.53 Å². The maximum Gasteiger partial charge on any atom is 0.407 e. The Balaban J connectivity index is 1.78. The Morgan fingerprint density at radius 3 is 2.38 bits per heavy atom. The van der Waals surface area contributed by atoms with Crippen molar-refractivity contribution in [1.82, 2.24) is 10.2 Å². The van der Waals surface area contributed by atoms with Crippen LogP contribution in [0.1, 0.15) is 26.3 Å². The zero-order valence-corrected chi connectivity index (χ0v) is 15.2. The van der Waals surface area contributed by atoms with Gasteiger partial charge in [-0.3, -0.25) is 0 Å². The molecule has 1 saturated heterocycles. The fourth-order valence-corrected chi connectivity index (χ4v) is 2.51. The van der Waals surface area contributed by atoms with E-state index in [2.05, 4.69) is 46.4 Å². The molecule has 0 atom stereocenters. The Bertz CT molecular complexity index is 553. The van der Waals surface area contributed by atoms with E-state index in [0.717, 1.165) is 31.7 Å². The molecule has 1 aromatic rings. The van der Waals surface area contributed by atoms with E-state index in [9.17, 15) is 4.79 Å². The molecule has 2 rings (SSSR count). The normalized spacial score (nSPS) is 16.4. The minimum absolute atomic E-state index is 0.391. The van der Waals surface area contributed by atoms with E-state index >= 15 is 0 Å². The molecule has 1 aliphatic heterocycles. The molecule has 1 N–H and O–H groups in total. The fraction of sp³-hybridized carbons (Fsp3) is 0.526. The number of rotatable bonds is 4. The van der Waals surface area contributed by atoms with E-state index in [4.69, 9.17) is 4.74 Å². The number of nitrogens with zero attached hydrogens (tertiary/aromatic N) is 2. The fourth-order valence-electron chi connectivity index (χ4n) is 2.51. The van der Waals surface area contributed by atoms with Crippen LogP contribution in [0.5, 0.6) is 0 Å². The molecule has 1 heterocycles. The van der Waals surface area contributed by atoms with Crippen molar-refractivity contribution in [3.05, 3.63) is 35.9 Å². The number of likely N-dealkylation sites (N-methyl/N-ethyl adjacent to an activating group) is 1. The number of piperazine rings is 1. The molecule has 1 aromatic carbocycles. The molecule has 0 radical (unpaired) electrons. The van der Waals surface area contributed by atoms with E-state index < -0.39 is 11.7 Å². The summed E-state index contributed by atoms with van der Waals surface area (Å²) in [6.45, 7) is 10.4. The highest BCUT2D eigenvalue weighted by Crippen LogP contribution is 2.17. The molecule has 0 bridgehead atoms. The molecule has 0 aromatic heterocycles. The lowest BCUT2D eigenvalue weighted by Gasteiger charge is -2.34. The van der Waals surface area contributed by atoms with Crippen LogP contribution < -0.4 is 10.2 Å². The van der Waals surface area contributed by atoms with Crippen molar-refractivity contribution in [1.29, 1.82) is 0 Å². The summed E-state index contributed by atoms with van der Waals surface area (Å²) < 4.78 is 5.19. The van der Waals surface area contributed by atoms with Crippen LogP contribution in [0.3, 0.4) is 0 Å². The van der Waals surface area contributed by atoms with E-state index in [0.29, 0.717) is 6.54 Å². The first-order valence-electron chi connectivity index (χ1n) is 8.50. The highest BCUT2D eigenvalue weighted by atomic mass is 16.6. The highest BCUT2D eigenvalue weighted by molar-refractivity contribution is 5.68. The summed E-state index contributed by atoms with van der Waals surface area (Å²) in [5.74, 6) is 0. The van der Waals surface area contributed by atoms with Gasteiger partial charge in [-0.25, -0.2) is 4.79 Å². The number of carbonyl (C=O) groups excluding carboxylic acids is 1. The van der Waals surface area contributed by atoms with Gasteiger partial charge in [-0.2, -0.15) is 0 Å². The van der Waals surface area contributed by atoms with Gasteiger partial charge in [0.05, 0.1) is 0 Å². The molecule has 1 aliphatic rings. The summed E-state index contributed by atoms with van der Waals surface area (Å²) >= 11 is 0. The van der Waals surface area contributed by atoms with Crippen molar-refractivity contribution in [3.8, 4) is 0 Å². The first kappa shape index (κ1) is 18.3. The van der Waals surface area contributed by atoms with Crippen molar-refractivity contribution in [2.24, 2.45) is 0 Å². The van der Waals surface area contributed by atoms with Crippen LogP contribution in [-0.2, 0) is 4.74 Å².